The summed E-state index contributed by atoms with van der Waals surface area (Å²) in [5.41, 5.74) is 7.78. The van der Waals surface area contributed by atoms with Crippen molar-refractivity contribution < 1.29 is 5.11 Å². The lowest BCUT2D eigenvalue weighted by molar-refractivity contribution is 0.265. The molecule has 0 radical (unpaired) electrons. The van der Waals surface area contributed by atoms with Gasteiger partial charge in [0.2, 0.25) is 0 Å². The highest BCUT2D eigenvalue weighted by atomic mass is 35.5. The van der Waals surface area contributed by atoms with Crippen LogP contribution in [0.15, 0.2) is 18.2 Å². The fraction of sp³-hybridized carbons (Fsp3) is 0.400. The van der Waals surface area contributed by atoms with Crippen LogP contribution in [-0.4, -0.2) is 17.8 Å². The van der Waals surface area contributed by atoms with Crippen LogP contribution in [-0.2, 0) is 6.42 Å². The van der Waals surface area contributed by atoms with Crippen molar-refractivity contribution in [1.82, 2.24) is 0 Å². The molecule has 0 aliphatic carbocycles. The quantitative estimate of drug-likeness (QED) is 0.776. The third-order valence-corrected chi connectivity index (χ3v) is 2.29. The van der Waals surface area contributed by atoms with Crippen molar-refractivity contribution in [2.75, 3.05) is 6.61 Å². The van der Waals surface area contributed by atoms with Crippen LogP contribution in [0.25, 0.3) is 0 Å². The first-order valence-corrected chi connectivity index (χ1v) is 4.62. The van der Waals surface area contributed by atoms with Crippen molar-refractivity contribution in [2.45, 2.75) is 19.4 Å². The van der Waals surface area contributed by atoms with Gasteiger partial charge in [-0.2, -0.15) is 0 Å². The first-order valence-electron chi connectivity index (χ1n) is 4.25. The van der Waals surface area contributed by atoms with Gasteiger partial charge < -0.3 is 10.8 Å². The van der Waals surface area contributed by atoms with Gasteiger partial charge in [0.1, 0.15) is 0 Å². The van der Waals surface area contributed by atoms with Gasteiger partial charge in [-0.15, -0.1) is 0 Å². The summed E-state index contributed by atoms with van der Waals surface area (Å²) in [6.45, 7) is 1.99. The Labute approximate surface area is 83.3 Å². The molecule has 0 aliphatic rings. The number of hydrogen-bond acceptors (Lipinski definition) is 2. The van der Waals surface area contributed by atoms with Crippen LogP contribution in [0.1, 0.15) is 11.1 Å². The van der Waals surface area contributed by atoms with Crippen molar-refractivity contribution in [3.63, 3.8) is 0 Å². The minimum absolute atomic E-state index is 0.00965. The second-order valence-electron chi connectivity index (χ2n) is 3.24. The highest BCUT2D eigenvalue weighted by Crippen LogP contribution is 2.18. The van der Waals surface area contributed by atoms with E-state index >= 15 is 0 Å². The molecule has 0 heterocycles. The number of benzene rings is 1. The molecule has 3 N–H and O–H groups in total. The molecule has 0 fully saturated rings. The summed E-state index contributed by atoms with van der Waals surface area (Å²) >= 11 is 5.96. The highest BCUT2D eigenvalue weighted by Gasteiger charge is 2.05. The standard InChI is InChI=1S/C10H14ClNO/c1-7-2-3-10(11)8(4-7)5-9(12)6-13/h2-4,9,13H,5-6,12H2,1H3. The molecule has 0 bridgehead atoms. The van der Waals surface area contributed by atoms with Gasteiger partial charge in [-0.1, -0.05) is 29.3 Å². The predicted molar refractivity (Wildman–Crippen MR) is 55.0 cm³/mol. The van der Waals surface area contributed by atoms with Crippen molar-refractivity contribution in [1.29, 1.82) is 0 Å². The minimum Gasteiger partial charge on any atom is -0.395 e. The van der Waals surface area contributed by atoms with E-state index in [0.717, 1.165) is 16.1 Å². The van der Waals surface area contributed by atoms with E-state index in [1.807, 2.05) is 25.1 Å². The first kappa shape index (κ1) is 10.5. The van der Waals surface area contributed by atoms with Crippen molar-refractivity contribution in [3.8, 4) is 0 Å². The van der Waals surface area contributed by atoms with Gasteiger partial charge in [-0.3, -0.25) is 0 Å². The molecule has 0 saturated heterocycles. The summed E-state index contributed by atoms with van der Waals surface area (Å²) in [7, 11) is 0. The van der Waals surface area contributed by atoms with Crippen LogP contribution in [0.2, 0.25) is 5.02 Å². The van der Waals surface area contributed by atoms with E-state index in [2.05, 4.69) is 0 Å². The SMILES string of the molecule is Cc1ccc(Cl)c(CC(N)CO)c1. The number of halogens is 1. The topological polar surface area (TPSA) is 46.2 Å². The van der Waals surface area contributed by atoms with Gasteiger partial charge in [-0.05, 0) is 25.0 Å². The van der Waals surface area contributed by atoms with E-state index in [1.54, 1.807) is 0 Å². The third kappa shape index (κ3) is 2.99. The van der Waals surface area contributed by atoms with E-state index < -0.39 is 0 Å². The molecule has 1 aromatic carbocycles. The Balaban J connectivity index is 2.81. The number of rotatable bonds is 3. The van der Waals surface area contributed by atoms with Crippen LogP contribution in [0, 0.1) is 6.92 Å². The van der Waals surface area contributed by atoms with E-state index in [0.29, 0.717) is 6.42 Å². The van der Waals surface area contributed by atoms with Crippen LogP contribution in [0.5, 0.6) is 0 Å². The zero-order valence-corrected chi connectivity index (χ0v) is 8.38. The number of nitrogens with two attached hydrogens (primary N) is 1. The summed E-state index contributed by atoms with van der Waals surface area (Å²) in [6.07, 6.45) is 0.622. The van der Waals surface area contributed by atoms with Crippen LogP contribution >= 0.6 is 11.6 Å². The summed E-state index contributed by atoms with van der Waals surface area (Å²) in [6, 6.07) is 5.59. The summed E-state index contributed by atoms with van der Waals surface area (Å²) in [4.78, 5) is 0. The van der Waals surface area contributed by atoms with Gasteiger partial charge in [0.15, 0.2) is 0 Å². The summed E-state index contributed by atoms with van der Waals surface area (Å²) in [5, 5.41) is 9.51. The Bertz CT molecular complexity index is 288. The second kappa shape index (κ2) is 4.61. The smallest absolute Gasteiger partial charge is 0.0585 e. The molecule has 0 saturated carbocycles. The van der Waals surface area contributed by atoms with E-state index in [-0.39, 0.29) is 12.6 Å². The molecule has 3 heteroatoms. The largest absolute Gasteiger partial charge is 0.395 e. The molecule has 1 unspecified atom stereocenters. The molecule has 1 aromatic rings. The Kier molecular flexibility index (Phi) is 3.72. The van der Waals surface area contributed by atoms with Crippen molar-refractivity contribution >= 4 is 11.6 Å². The minimum atomic E-state index is -0.223. The third-order valence-electron chi connectivity index (χ3n) is 1.92. The maximum Gasteiger partial charge on any atom is 0.0585 e. The van der Waals surface area contributed by atoms with Crippen molar-refractivity contribution in [2.24, 2.45) is 5.73 Å². The zero-order valence-electron chi connectivity index (χ0n) is 7.63. The number of aliphatic hydroxyl groups excluding tert-OH is 1. The average molecular weight is 200 g/mol. The lowest BCUT2D eigenvalue weighted by atomic mass is 10.0. The first-order chi connectivity index (χ1) is 6.13. The van der Waals surface area contributed by atoms with Crippen LogP contribution in [0.3, 0.4) is 0 Å². The molecule has 2 nitrogen and oxygen atoms in total. The predicted octanol–water partition coefficient (Wildman–Crippen LogP) is 1.51. The zero-order chi connectivity index (χ0) is 9.84. The van der Waals surface area contributed by atoms with Gasteiger partial charge in [0.05, 0.1) is 6.61 Å². The lowest BCUT2D eigenvalue weighted by Gasteiger charge is -2.10. The monoisotopic (exact) mass is 199 g/mol. The van der Waals surface area contributed by atoms with Crippen LogP contribution < -0.4 is 5.73 Å². The van der Waals surface area contributed by atoms with Gasteiger partial charge in [-0.25, -0.2) is 0 Å². The van der Waals surface area contributed by atoms with E-state index in [1.165, 1.54) is 0 Å². The molecule has 1 atom stereocenters. The molecule has 13 heavy (non-hydrogen) atoms. The maximum atomic E-state index is 8.79. The molecule has 0 amide bonds. The Hall–Kier alpha value is -0.570. The Morgan fingerprint density at radius 3 is 2.85 bits per heavy atom. The molecule has 0 spiro atoms. The molecular formula is C10H14ClNO. The maximum absolute atomic E-state index is 8.79. The van der Waals surface area contributed by atoms with E-state index in [9.17, 15) is 0 Å². The Morgan fingerprint density at radius 1 is 1.54 bits per heavy atom. The fourth-order valence-corrected chi connectivity index (χ4v) is 1.40. The Morgan fingerprint density at radius 2 is 2.23 bits per heavy atom. The lowest BCUT2D eigenvalue weighted by Crippen LogP contribution is -2.26. The van der Waals surface area contributed by atoms with E-state index in [4.69, 9.17) is 22.4 Å². The molecule has 1 rings (SSSR count). The number of aryl methyl sites for hydroxylation is 1. The normalized spacial score (nSPS) is 12.9. The highest BCUT2D eigenvalue weighted by molar-refractivity contribution is 6.31. The van der Waals surface area contributed by atoms with Crippen molar-refractivity contribution in [3.05, 3.63) is 34.3 Å². The summed E-state index contributed by atoms with van der Waals surface area (Å²) < 4.78 is 0. The van der Waals surface area contributed by atoms with Gasteiger partial charge in [0.25, 0.3) is 0 Å². The fourth-order valence-electron chi connectivity index (χ4n) is 1.21. The van der Waals surface area contributed by atoms with Gasteiger partial charge >= 0.3 is 0 Å². The average Bonchev–Trinajstić information content (AvgIpc) is 2.11. The number of hydrogen-bond donors (Lipinski definition) is 2. The van der Waals surface area contributed by atoms with Crippen LogP contribution in [0.4, 0.5) is 0 Å². The number of aliphatic hydroxyl groups is 1. The molecule has 72 valence electrons. The van der Waals surface area contributed by atoms with Gasteiger partial charge in [0, 0.05) is 11.1 Å². The molecule has 0 aliphatic heterocycles. The molecular weight excluding hydrogens is 186 g/mol. The molecule has 0 aromatic heterocycles. The summed E-state index contributed by atoms with van der Waals surface area (Å²) in [5.74, 6) is 0. The second-order valence-corrected chi connectivity index (χ2v) is 3.65.